The van der Waals surface area contributed by atoms with Gasteiger partial charge in [-0.25, -0.2) is 9.97 Å². The lowest BCUT2D eigenvalue weighted by atomic mass is 10.0. The van der Waals surface area contributed by atoms with Crippen molar-refractivity contribution in [3.05, 3.63) is 71.5 Å². The van der Waals surface area contributed by atoms with Crippen molar-refractivity contribution < 1.29 is 4.79 Å². The van der Waals surface area contributed by atoms with Gasteiger partial charge in [0.05, 0.1) is 16.8 Å². The van der Waals surface area contributed by atoms with E-state index in [0.29, 0.717) is 22.6 Å². The van der Waals surface area contributed by atoms with Gasteiger partial charge in [-0.05, 0) is 56.8 Å². The lowest BCUT2D eigenvalue weighted by Gasteiger charge is -2.34. The highest BCUT2D eigenvalue weighted by atomic mass is 16.1. The Kier molecular flexibility index (Phi) is 9.81. The summed E-state index contributed by atoms with van der Waals surface area (Å²) in [5, 5.41) is 15.8. The Balaban J connectivity index is 0.00000186. The van der Waals surface area contributed by atoms with Crippen molar-refractivity contribution in [2.45, 2.75) is 39.3 Å². The molecule has 0 bridgehead atoms. The van der Waals surface area contributed by atoms with E-state index in [4.69, 9.17) is 11.0 Å². The standard InChI is InChI=1S/C26H30N8O.C2H6/c1-33(2)17-18-3-6-20(7-4-18)32-24-13-23(22(16-29-24)26(28)35)31-21-9-11-34(12-10-21)25-8-5-19(14-27)15-30-25;1-2/h3-8,13,15-16,21H,9-12,17H2,1-2H3,(H2,28,35)(H2,29,31,32);1-2H3. The molecule has 1 saturated heterocycles. The number of anilines is 4. The van der Waals surface area contributed by atoms with Crippen LogP contribution in [0.2, 0.25) is 0 Å². The SMILES string of the molecule is CC.CN(C)Cc1ccc(Nc2cc(NC3CCN(c4ccc(C#N)cn4)CC3)c(C(N)=O)cn2)cc1. The minimum atomic E-state index is -0.515. The molecule has 1 amide bonds. The number of nitrogens with one attached hydrogen (secondary N) is 2. The monoisotopic (exact) mass is 500 g/mol. The first-order chi connectivity index (χ1) is 17.9. The van der Waals surface area contributed by atoms with Gasteiger partial charge in [-0.2, -0.15) is 5.26 Å². The van der Waals surface area contributed by atoms with Crippen LogP contribution in [0.4, 0.5) is 23.0 Å². The summed E-state index contributed by atoms with van der Waals surface area (Å²) in [6.45, 7) is 6.51. The number of benzene rings is 1. The van der Waals surface area contributed by atoms with Gasteiger partial charge in [0, 0.05) is 49.8 Å². The molecule has 1 aliphatic rings. The topological polar surface area (TPSA) is 123 Å². The number of pyridine rings is 2. The lowest BCUT2D eigenvalue weighted by Crippen LogP contribution is -2.39. The number of amides is 1. The Morgan fingerprint density at radius 1 is 1.11 bits per heavy atom. The second-order valence-electron chi connectivity index (χ2n) is 8.96. The van der Waals surface area contributed by atoms with Crippen molar-refractivity contribution in [2.75, 3.05) is 42.7 Å². The molecule has 1 aliphatic heterocycles. The van der Waals surface area contributed by atoms with Gasteiger partial charge in [0.1, 0.15) is 17.7 Å². The molecule has 0 unspecified atom stereocenters. The van der Waals surface area contributed by atoms with Crippen molar-refractivity contribution in [1.29, 1.82) is 5.26 Å². The molecular formula is C28H36N8O. The van der Waals surface area contributed by atoms with Gasteiger partial charge in [-0.3, -0.25) is 4.79 Å². The number of primary amides is 1. The van der Waals surface area contributed by atoms with Gasteiger partial charge in [-0.1, -0.05) is 26.0 Å². The quantitative estimate of drug-likeness (QED) is 0.417. The van der Waals surface area contributed by atoms with Crippen LogP contribution in [0, 0.1) is 11.3 Å². The third-order valence-corrected chi connectivity index (χ3v) is 5.95. The molecule has 4 N–H and O–H groups in total. The molecule has 0 aliphatic carbocycles. The fraction of sp³-hybridized carbons (Fsp3) is 0.357. The van der Waals surface area contributed by atoms with Crippen molar-refractivity contribution in [1.82, 2.24) is 14.9 Å². The molecule has 1 aromatic carbocycles. The van der Waals surface area contributed by atoms with E-state index in [0.717, 1.165) is 44.0 Å². The second-order valence-corrected chi connectivity index (χ2v) is 8.96. The first-order valence-corrected chi connectivity index (χ1v) is 12.6. The Morgan fingerprint density at radius 2 is 1.81 bits per heavy atom. The van der Waals surface area contributed by atoms with E-state index in [-0.39, 0.29) is 6.04 Å². The summed E-state index contributed by atoms with van der Waals surface area (Å²) in [5.74, 6) is 0.989. The van der Waals surface area contributed by atoms with E-state index in [1.165, 1.54) is 11.8 Å². The molecule has 3 heterocycles. The van der Waals surface area contributed by atoms with Crippen LogP contribution in [0.3, 0.4) is 0 Å². The van der Waals surface area contributed by atoms with Gasteiger partial charge >= 0.3 is 0 Å². The number of nitrogens with two attached hydrogens (primary N) is 1. The number of hydrogen-bond acceptors (Lipinski definition) is 8. The number of nitriles is 1. The van der Waals surface area contributed by atoms with E-state index >= 15 is 0 Å². The maximum absolute atomic E-state index is 12.0. The van der Waals surface area contributed by atoms with E-state index in [2.05, 4.69) is 48.6 Å². The van der Waals surface area contributed by atoms with Crippen LogP contribution in [0.25, 0.3) is 0 Å². The first kappa shape index (κ1) is 27.4. The summed E-state index contributed by atoms with van der Waals surface area (Å²) in [6.07, 6.45) is 4.86. The van der Waals surface area contributed by atoms with Gasteiger partial charge in [-0.15, -0.1) is 0 Å². The fourth-order valence-electron chi connectivity index (χ4n) is 4.16. The molecule has 0 spiro atoms. The normalized spacial score (nSPS) is 13.4. The molecule has 194 valence electrons. The molecule has 2 aromatic heterocycles. The summed E-state index contributed by atoms with van der Waals surface area (Å²) >= 11 is 0. The smallest absolute Gasteiger partial charge is 0.252 e. The van der Waals surface area contributed by atoms with Crippen LogP contribution in [0.1, 0.15) is 48.2 Å². The summed E-state index contributed by atoms with van der Waals surface area (Å²) < 4.78 is 0. The Labute approximate surface area is 219 Å². The van der Waals surface area contributed by atoms with Gasteiger partial charge < -0.3 is 26.2 Å². The zero-order valence-electron chi connectivity index (χ0n) is 22.0. The minimum Gasteiger partial charge on any atom is -0.381 e. The number of rotatable bonds is 8. The van der Waals surface area contributed by atoms with E-state index in [1.54, 1.807) is 12.3 Å². The zero-order chi connectivity index (χ0) is 26.8. The van der Waals surface area contributed by atoms with Crippen molar-refractivity contribution in [3.63, 3.8) is 0 Å². The average molecular weight is 501 g/mol. The van der Waals surface area contributed by atoms with Gasteiger partial charge in [0.2, 0.25) is 0 Å². The summed E-state index contributed by atoms with van der Waals surface area (Å²) in [7, 11) is 4.08. The Bertz CT molecular complexity index is 1190. The highest BCUT2D eigenvalue weighted by Crippen LogP contribution is 2.26. The number of piperidine rings is 1. The predicted molar refractivity (Wildman–Crippen MR) is 149 cm³/mol. The average Bonchev–Trinajstić information content (AvgIpc) is 2.91. The van der Waals surface area contributed by atoms with Crippen molar-refractivity contribution in [3.8, 4) is 6.07 Å². The Morgan fingerprint density at radius 3 is 2.38 bits per heavy atom. The molecule has 0 radical (unpaired) electrons. The molecule has 0 atom stereocenters. The second kappa shape index (κ2) is 13.2. The highest BCUT2D eigenvalue weighted by molar-refractivity contribution is 5.98. The molecule has 0 saturated carbocycles. The van der Waals surface area contributed by atoms with Crippen LogP contribution in [0.15, 0.2) is 54.9 Å². The zero-order valence-corrected chi connectivity index (χ0v) is 22.0. The first-order valence-electron chi connectivity index (χ1n) is 12.6. The predicted octanol–water partition coefficient (Wildman–Crippen LogP) is 4.36. The molecule has 1 fully saturated rings. The van der Waals surface area contributed by atoms with Crippen molar-refractivity contribution in [2.24, 2.45) is 5.73 Å². The van der Waals surface area contributed by atoms with Crippen LogP contribution < -0.4 is 21.3 Å². The third-order valence-electron chi connectivity index (χ3n) is 5.95. The number of aromatic nitrogens is 2. The van der Waals surface area contributed by atoms with Crippen LogP contribution >= 0.6 is 0 Å². The molecule has 9 nitrogen and oxygen atoms in total. The summed E-state index contributed by atoms with van der Waals surface area (Å²) in [4.78, 5) is 25.1. The highest BCUT2D eigenvalue weighted by Gasteiger charge is 2.22. The largest absolute Gasteiger partial charge is 0.381 e. The maximum Gasteiger partial charge on any atom is 0.252 e. The number of carbonyl (C=O) groups is 1. The van der Waals surface area contributed by atoms with Crippen molar-refractivity contribution >= 4 is 28.9 Å². The minimum absolute atomic E-state index is 0.184. The van der Waals surface area contributed by atoms with E-state index in [1.807, 2.05) is 52.2 Å². The van der Waals surface area contributed by atoms with Crippen LogP contribution in [-0.4, -0.2) is 54.0 Å². The summed E-state index contributed by atoms with van der Waals surface area (Å²) in [5.41, 5.74) is 9.36. The lowest BCUT2D eigenvalue weighted by molar-refractivity contribution is 0.100. The molecule has 9 heteroatoms. The van der Waals surface area contributed by atoms with Crippen LogP contribution in [-0.2, 0) is 6.54 Å². The van der Waals surface area contributed by atoms with Gasteiger partial charge in [0.15, 0.2) is 0 Å². The third kappa shape index (κ3) is 7.66. The number of nitrogens with zero attached hydrogens (tertiary/aromatic N) is 5. The van der Waals surface area contributed by atoms with E-state index in [9.17, 15) is 4.79 Å². The number of hydrogen-bond donors (Lipinski definition) is 3. The van der Waals surface area contributed by atoms with Gasteiger partial charge in [0.25, 0.3) is 5.91 Å². The molecular weight excluding hydrogens is 464 g/mol. The summed E-state index contributed by atoms with van der Waals surface area (Å²) in [6, 6.07) is 16.0. The van der Waals surface area contributed by atoms with Crippen LogP contribution in [0.5, 0.6) is 0 Å². The molecule has 37 heavy (non-hydrogen) atoms. The molecule has 3 aromatic rings. The Hall–Kier alpha value is -4.16. The fourth-order valence-corrected chi connectivity index (χ4v) is 4.16. The molecule has 4 rings (SSSR count). The number of carbonyl (C=O) groups excluding carboxylic acids is 1. The maximum atomic E-state index is 12.0. The van der Waals surface area contributed by atoms with E-state index < -0.39 is 5.91 Å².